The Balaban J connectivity index is 1.19. The molecule has 0 saturated carbocycles. The third-order valence-electron chi connectivity index (χ3n) is 11.4. The van der Waals surface area contributed by atoms with Crippen LogP contribution in [0.15, 0.2) is 143 Å². The van der Waals surface area contributed by atoms with Crippen LogP contribution in [0, 0.1) is 29.6 Å². The summed E-state index contributed by atoms with van der Waals surface area (Å²) in [5.74, 6) is 2.82. The summed E-state index contributed by atoms with van der Waals surface area (Å²) in [6, 6.07) is 5.00. The van der Waals surface area contributed by atoms with E-state index < -0.39 is 0 Å². The average molecular weight is 725 g/mol. The van der Waals surface area contributed by atoms with Gasteiger partial charge in [-0.2, -0.15) is 0 Å². The Morgan fingerprint density at radius 1 is 0.706 bits per heavy atom. The molecule has 51 heavy (non-hydrogen) atoms. The molecule has 0 aliphatic heterocycles. The molecule has 0 fully saturated rings. The Kier molecular flexibility index (Phi) is 9.32. The monoisotopic (exact) mass is 724 g/mol. The van der Waals surface area contributed by atoms with E-state index in [9.17, 15) is 5.11 Å². The highest BCUT2D eigenvalue weighted by atomic mass is 32.1. The molecule has 5 heteroatoms. The van der Waals surface area contributed by atoms with Crippen LogP contribution in [0.3, 0.4) is 0 Å². The minimum Gasteiger partial charge on any atom is -0.501 e. The van der Waals surface area contributed by atoms with Gasteiger partial charge in [0.2, 0.25) is 0 Å². The van der Waals surface area contributed by atoms with Crippen molar-refractivity contribution in [1.82, 2.24) is 0 Å². The van der Waals surface area contributed by atoms with Crippen LogP contribution in [-0.4, -0.2) is 18.8 Å². The number of ether oxygens (including phenoxy) is 1. The van der Waals surface area contributed by atoms with E-state index in [4.69, 9.17) is 4.74 Å². The van der Waals surface area contributed by atoms with Crippen molar-refractivity contribution in [3.05, 3.63) is 153 Å². The van der Waals surface area contributed by atoms with Crippen LogP contribution in [0.1, 0.15) is 54.7 Å². The molecule has 258 valence electrons. The second-order valence-electron chi connectivity index (χ2n) is 14.5. The van der Waals surface area contributed by atoms with Crippen LogP contribution >= 0.6 is 34.0 Å². The average Bonchev–Trinajstić information content (AvgIpc) is 3.89. The molecule has 5 unspecified atom stereocenters. The lowest BCUT2D eigenvalue weighted by atomic mass is 9.70. The van der Waals surface area contributed by atoms with Gasteiger partial charge in [0.1, 0.15) is 0 Å². The molecule has 0 saturated heterocycles. The van der Waals surface area contributed by atoms with E-state index in [1.807, 2.05) is 41.1 Å². The van der Waals surface area contributed by atoms with Crippen molar-refractivity contribution < 1.29 is 9.84 Å². The highest BCUT2D eigenvalue weighted by Crippen LogP contribution is 2.54. The van der Waals surface area contributed by atoms with Crippen LogP contribution in [0.2, 0.25) is 0 Å². The van der Waals surface area contributed by atoms with Gasteiger partial charge in [0, 0.05) is 43.3 Å². The Hall–Kier alpha value is -3.74. The molecular weight excluding hydrogens is 681 g/mol. The van der Waals surface area contributed by atoms with Gasteiger partial charge in [0.15, 0.2) is 0 Å². The second kappa shape index (κ2) is 14.4. The fourth-order valence-corrected chi connectivity index (χ4v) is 13.2. The van der Waals surface area contributed by atoms with E-state index >= 15 is 0 Å². The lowest BCUT2D eigenvalue weighted by Gasteiger charge is -2.35. The summed E-state index contributed by atoms with van der Waals surface area (Å²) in [5.41, 5.74) is 8.41. The van der Waals surface area contributed by atoms with Crippen molar-refractivity contribution in [3.63, 3.8) is 0 Å². The predicted molar refractivity (Wildman–Crippen MR) is 221 cm³/mol. The number of allylic oxidation sites excluding steroid dienone is 23. The molecule has 0 aromatic carbocycles. The molecular formula is C46H44O2S3. The van der Waals surface area contributed by atoms with Gasteiger partial charge in [-0.1, -0.05) is 97.2 Å². The van der Waals surface area contributed by atoms with Crippen molar-refractivity contribution >= 4 is 64.0 Å². The zero-order valence-corrected chi connectivity index (χ0v) is 31.5. The molecule has 0 amide bonds. The number of thiophene rings is 3. The van der Waals surface area contributed by atoms with E-state index in [1.54, 1.807) is 0 Å². The van der Waals surface area contributed by atoms with Gasteiger partial charge in [-0.15, -0.1) is 34.0 Å². The second-order valence-corrected chi connectivity index (χ2v) is 17.7. The van der Waals surface area contributed by atoms with Gasteiger partial charge >= 0.3 is 0 Å². The van der Waals surface area contributed by atoms with Crippen molar-refractivity contribution in [2.45, 2.75) is 44.9 Å². The van der Waals surface area contributed by atoms with Gasteiger partial charge in [0.25, 0.3) is 0 Å². The van der Waals surface area contributed by atoms with Crippen LogP contribution < -0.4 is 0 Å². The van der Waals surface area contributed by atoms with Crippen LogP contribution in [0.5, 0.6) is 0 Å². The van der Waals surface area contributed by atoms with Crippen LogP contribution in [0.25, 0.3) is 29.9 Å². The minimum absolute atomic E-state index is 0.128. The molecule has 2 nitrogen and oxygen atoms in total. The fraction of sp³-hybridized carbons (Fsp3) is 0.304. The van der Waals surface area contributed by atoms with E-state index in [0.29, 0.717) is 23.7 Å². The Bertz CT molecular complexity index is 2240. The lowest BCUT2D eigenvalue weighted by Crippen LogP contribution is -2.22. The molecule has 5 atom stereocenters. The molecule has 0 bridgehead atoms. The van der Waals surface area contributed by atoms with Gasteiger partial charge in [-0.25, -0.2) is 0 Å². The minimum atomic E-state index is 0.128. The molecule has 3 aromatic rings. The van der Waals surface area contributed by atoms with Gasteiger partial charge in [-0.3, -0.25) is 0 Å². The van der Waals surface area contributed by atoms with Gasteiger partial charge in [-0.05, 0) is 102 Å². The quantitative estimate of drug-likeness (QED) is 0.251. The first kappa shape index (κ1) is 33.1. The molecule has 9 rings (SSSR count). The number of hydrogen-bond acceptors (Lipinski definition) is 5. The maximum absolute atomic E-state index is 10.4. The molecule has 6 aliphatic rings. The van der Waals surface area contributed by atoms with E-state index in [-0.39, 0.29) is 12.5 Å². The highest BCUT2D eigenvalue weighted by molar-refractivity contribution is 7.39. The zero-order valence-electron chi connectivity index (χ0n) is 29.1. The molecule has 3 aromatic heterocycles. The summed E-state index contributed by atoms with van der Waals surface area (Å²) >= 11 is 5.97. The summed E-state index contributed by atoms with van der Waals surface area (Å²) < 4.78 is 11.7. The van der Waals surface area contributed by atoms with E-state index in [2.05, 4.69) is 115 Å². The topological polar surface area (TPSA) is 29.5 Å². The van der Waals surface area contributed by atoms with E-state index in [1.165, 1.54) is 56.4 Å². The first-order chi connectivity index (χ1) is 25.2. The number of rotatable bonds is 8. The van der Waals surface area contributed by atoms with Crippen molar-refractivity contribution in [2.75, 3.05) is 13.7 Å². The highest BCUT2D eigenvalue weighted by Gasteiger charge is 2.35. The van der Waals surface area contributed by atoms with Crippen LogP contribution in [-0.2, 0) is 4.74 Å². The summed E-state index contributed by atoms with van der Waals surface area (Å²) in [6.45, 7) is 0.128. The Labute approximate surface area is 313 Å². The SMILES string of the molecule is COC1=CC(C2C=CC=CC2)=C(c2cc3sc4cc(C5=C(C6C=CC=CC6)C=C(CO)CC5C5C=CC=CC5)sc4c3s2)C(C2=CCCC=C2)C1. The maximum Gasteiger partial charge on any atom is 0.0967 e. The first-order valence-corrected chi connectivity index (χ1v) is 21.0. The Morgan fingerprint density at radius 2 is 1.37 bits per heavy atom. The summed E-state index contributed by atoms with van der Waals surface area (Å²) in [7, 11) is 1.83. The number of fused-ring (bicyclic) bond motifs is 3. The third kappa shape index (κ3) is 6.27. The van der Waals surface area contributed by atoms with Gasteiger partial charge in [0.05, 0.1) is 28.9 Å². The smallest absolute Gasteiger partial charge is 0.0967 e. The fourth-order valence-electron chi connectivity index (χ4n) is 8.94. The predicted octanol–water partition coefficient (Wildman–Crippen LogP) is 12.8. The van der Waals surface area contributed by atoms with E-state index in [0.717, 1.165) is 56.3 Å². The molecule has 1 N–H and O–H groups in total. The Morgan fingerprint density at radius 3 is 1.96 bits per heavy atom. The molecule has 3 heterocycles. The van der Waals surface area contributed by atoms with Crippen LogP contribution in [0.4, 0.5) is 0 Å². The summed E-state index contributed by atoms with van der Waals surface area (Å²) in [4.78, 5) is 2.82. The largest absolute Gasteiger partial charge is 0.501 e. The number of aliphatic hydroxyl groups excluding tert-OH is 1. The number of hydrogen-bond donors (Lipinski definition) is 1. The van der Waals surface area contributed by atoms with Crippen molar-refractivity contribution in [2.24, 2.45) is 29.6 Å². The number of aliphatic hydroxyl groups is 1. The normalized spacial score (nSPS) is 27.6. The maximum atomic E-state index is 10.4. The van der Waals surface area contributed by atoms with Gasteiger partial charge < -0.3 is 9.84 Å². The third-order valence-corrected chi connectivity index (χ3v) is 15.3. The standard InChI is InChI=1S/C46H44O2S3/c1-48-34-24-37(32-18-10-4-11-19-32)44(38(25-34)33-20-12-5-13-21-33)40-27-42-46(51-40)45-41(49-42)26-39(50-45)43-35(30-14-6-2-7-15-30)22-29(28-47)23-36(43)31-16-8-3-9-17-31/h2-4,6-12,14,16,18,20-22,24,26-27,30-32,36,38,47H,5,13,15,17,19,23,25,28H2,1H3. The summed E-state index contributed by atoms with van der Waals surface area (Å²) in [5, 5.41) is 10.4. The molecule has 0 spiro atoms. The summed E-state index contributed by atoms with van der Waals surface area (Å²) in [6.07, 6.45) is 46.2. The number of methoxy groups -OCH3 is 1. The molecule has 6 aliphatic carbocycles. The van der Waals surface area contributed by atoms with Crippen molar-refractivity contribution in [1.29, 1.82) is 0 Å². The lowest BCUT2D eigenvalue weighted by molar-refractivity contribution is 0.269. The van der Waals surface area contributed by atoms with Crippen molar-refractivity contribution in [3.8, 4) is 0 Å². The zero-order chi connectivity index (χ0) is 34.3. The molecule has 0 radical (unpaired) electrons. The first-order valence-electron chi connectivity index (χ1n) is 18.5.